The number of piperazine rings is 1. The smallest absolute Gasteiger partial charge is 0.228 e. The van der Waals surface area contributed by atoms with E-state index in [9.17, 15) is 0 Å². The van der Waals surface area contributed by atoms with Gasteiger partial charge < -0.3 is 15.5 Å². The lowest BCUT2D eigenvalue weighted by molar-refractivity contribution is 0.640. The molecule has 2 aromatic rings. The monoisotopic (exact) mass is 367 g/mol. The van der Waals surface area contributed by atoms with E-state index in [1.165, 1.54) is 5.69 Å². The molecule has 3 rings (SSSR count). The van der Waals surface area contributed by atoms with E-state index in [2.05, 4.69) is 35.7 Å². The number of nitrogen functional groups attached to an aromatic ring is 1. The van der Waals surface area contributed by atoms with E-state index in [0.717, 1.165) is 31.2 Å². The molecule has 7 heteroatoms. The highest BCUT2D eigenvalue weighted by molar-refractivity contribution is 9.10. The van der Waals surface area contributed by atoms with E-state index in [-0.39, 0.29) is 0 Å². The Morgan fingerprint density at radius 1 is 1.00 bits per heavy atom. The van der Waals surface area contributed by atoms with Gasteiger partial charge in [-0.1, -0.05) is 11.6 Å². The maximum absolute atomic E-state index is 5.92. The van der Waals surface area contributed by atoms with Gasteiger partial charge >= 0.3 is 0 Å². The van der Waals surface area contributed by atoms with Gasteiger partial charge in [-0.05, 0) is 40.2 Å². The van der Waals surface area contributed by atoms with E-state index in [0.29, 0.717) is 16.4 Å². The Kier molecular flexibility index (Phi) is 4.17. The summed E-state index contributed by atoms with van der Waals surface area (Å²) in [6.07, 6.45) is 0. The molecule has 0 bridgehead atoms. The molecule has 21 heavy (non-hydrogen) atoms. The molecule has 1 fully saturated rings. The third kappa shape index (κ3) is 3.39. The standard InChI is InChI=1S/C14H15BrClN5/c15-12-9-13(17)19-14(18-12)21-7-5-20(6-8-21)11-3-1-10(16)2-4-11/h1-4,9H,5-8H2,(H2,17,18,19). The van der Waals surface area contributed by atoms with Crippen LogP contribution in [0.4, 0.5) is 17.5 Å². The summed E-state index contributed by atoms with van der Waals surface area (Å²) >= 11 is 9.28. The minimum absolute atomic E-state index is 0.479. The summed E-state index contributed by atoms with van der Waals surface area (Å²) in [5, 5.41) is 0.760. The SMILES string of the molecule is Nc1cc(Br)nc(N2CCN(c3ccc(Cl)cc3)CC2)n1. The van der Waals surface area contributed by atoms with Gasteiger partial charge in [0.2, 0.25) is 5.95 Å². The van der Waals surface area contributed by atoms with Crippen molar-refractivity contribution in [1.29, 1.82) is 0 Å². The maximum Gasteiger partial charge on any atom is 0.228 e. The van der Waals surface area contributed by atoms with Crippen LogP contribution in [0.25, 0.3) is 0 Å². The van der Waals surface area contributed by atoms with Crippen molar-refractivity contribution in [2.75, 3.05) is 41.7 Å². The summed E-state index contributed by atoms with van der Waals surface area (Å²) in [7, 11) is 0. The van der Waals surface area contributed by atoms with Gasteiger partial charge in [0.25, 0.3) is 0 Å². The number of hydrogen-bond acceptors (Lipinski definition) is 5. The first-order valence-corrected chi connectivity index (χ1v) is 7.84. The predicted octanol–water partition coefficient (Wildman–Crippen LogP) is 2.80. The molecule has 110 valence electrons. The molecule has 5 nitrogen and oxygen atoms in total. The number of aromatic nitrogens is 2. The van der Waals surface area contributed by atoms with Crippen molar-refractivity contribution in [2.24, 2.45) is 0 Å². The molecule has 0 spiro atoms. The first-order valence-electron chi connectivity index (χ1n) is 6.67. The maximum atomic E-state index is 5.92. The summed E-state index contributed by atoms with van der Waals surface area (Å²) in [6.45, 7) is 3.55. The second-order valence-electron chi connectivity index (χ2n) is 4.87. The first kappa shape index (κ1) is 14.4. The minimum atomic E-state index is 0.479. The lowest BCUT2D eigenvalue weighted by Gasteiger charge is -2.36. The van der Waals surface area contributed by atoms with Crippen LogP contribution in [0.1, 0.15) is 0 Å². The van der Waals surface area contributed by atoms with Gasteiger partial charge in [0.15, 0.2) is 0 Å². The van der Waals surface area contributed by atoms with Gasteiger partial charge in [0.1, 0.15) is 10.4 Å². The van der Waals surface area contributed by atoms with E-state index < -0.39 is 0 Å². The number of hydrogen-bond donors (Lipinski definition) is 1. The molecular formula is C14H15BrClN5. The van der Waals surface area contributed by atoms with Crippen LogP contribution >= 0.6 is 27.5 Å². The molecule has 1 aromatic heterocycles. The third-order valence-corrected chi connectivity index (χ3v) is 4.12. The summed E-state index contributed by atoms with van der Waals surface area (Å²) in [6, 6.07) is 9.63. The van der Waals surface area contributed by atoms with E-state index >= 15 is 0 Å². The van der Waals surface area contributed by atoms with Crippen LogP contribution in [0.15, 0.2) is 34.9 Å². The highest BCUT2D eigenvalue weighted by Crippen LogP contribution is 2.22. The van der Waals surface area contributed by atoms with Crippen molar-refractivity contribution >= 4 is 45.0 Å². The lowest BCUT2D eigenvalue weighted by atomic mass is 10.2. The van der Waals surface area contributed by atoms with Gasteiger partial charge in [-0.3, -0.25) is 0 Å². The van der Waals surface area contributed by atoms with Crippen molar-refractivity contribution in [2.45, 2.75) is 0 Å². The molecule has 0 unspecified atom stereocenters. The molecule has 1 aliphatic rings. The molecule has 1 aromatic carbocycles. The van der Waals surface area contributed by atoms with Gasteiger partial charge in [-0.2, -0.15) is 4.98 Å². The summed E-state index contributed by atoms with van der Waals surface area (Å²) in [4.78, 5) is 13.2. The largest absolute Gasteiger partial charge is 0.383 e. The molecule has 0 aliphatic carbocycles. The van der Waals surface area contributed by atoms with Crippen molar-refractivity contribution in [3.8, 4) is 0 Å². The summed E-state index contributed by atoms with van der Waals surface area (Å²) in [5.74, 6) is 1.16. The first-order chi connectivity index (χ1) is 10.1. The van der Waals surface area contributed by atoms with Crippen LogP contribution in [-0.2, 0) is 0 Å². The predicted molar refractivity (Wildman–Crippen MR) is 90.0 cm³/mol. The van der Waals surface area contributed by atoms with E-state index in [4.69, 9.17) is 17.3 Å². The zero-order valence-corrected chi connectivity index (χ0v) is 13.7. The zero-order valence-electron chi connectivity index (χ0n) is 11.3. The van der Waals surface area contributed by atoms with Crippen LogP contribution in [-0.4, -0.2) is 36.1 Å². The Morgan fingerprint density at radius 3 is 2.24 bits per heavy atom. The van der Waals surface area contributed by atoms with Crippen LogP contribution in [0.5, 0.6) is 0 Å². The molecule has 0 saturated carbocycles. The van der Waals surface area contributed by atoms with Crippen LogP contribution in [0.2, 0.25) is 5.02 Å². The zero-order chi connectivity index (χ0) is 14.8. The van der Waals surface area contributed by atoms with Gasteiger partial charge in [0, 0.05) is 43.0 Å². The molecule has 0 radical (unpaired) electrons. The fourth-order valence-electron chi connectivity index (χ4n) is 2.38. The minimum Gasteiger partial charge on any atom is -0.383 e. The quantitative estimate of drug-likeness (QED) is 0.826. The molecule has 0 atom stereocenters. The number of rotatable bonds is 2. The molecule has 1 saturated heterocycles. The molecule has 0 amide bonds. The van der Waals surface area contributed by atoms with Crippen LogP contribution in [0, 0.1) is 0 Å². The fraction of sp³-hybridized carbons (Fsp3) is 0.286. The summed E-state index contributed by atoms with van der Waals surface area (Å²) < 4.78 is 0.713. The summed E-state index contributed by atoms with van der Waals surface area (Å²) in [5.41, 5.74) is 6.96. The normalized spacial score (nSPS) is 15.3. The van der Waals surface area contributed by atoms with Crippen molar-refractivity contribution in [1.82, 2.24) is 9.97 Å². The Balaban J connectivity index is 1.68. The topological polar surface area (TPSA) is 58.3 Å². The van der Waals surface area contributed by atoms with E-state index in [1.54, 1.807) is 6.07 Å². The second kappa shape index (κ2) is 6.07. The average Bonchev–Trinajstić information content (AvgIpc) is 2.47. The van der Waals surface area contributed by atoms with Crippen LogP contribution in [0.3, 0.4) is 0 Å². The van der Waals surface area contributed by atoms with Crippen molar-refractivity contribution < 1.29 is 0 Å². The van der Waals surface area contributed by atoms with Gasteiger partial charge in [-0.25, -0.2) is 4.98 Å². The third-order valence-electron chi connectivity index (χ3n) is 3.46. The fourth-order valence-corrected chi connectivity index (χ4v) is 2.90. The Labute approximate surface area is 136 Å². The van der Waals surface area contributed by atoms with Crippen molar-refractivity contribution in [3.63, 3.8) is 0 Å². The molecule has 2 heterocycles. The van der Waals surface area contributed by atoms with Gasteiger partial charge in [-0.15, -0.1) is 0 Å². The average molecular weight is 369 g/mol. The number of benzene rings is 1. The molecule has 2 N–H and O–H groups in total. The van der Waals surface area contributed by atoms with Crippen LogP contribution < -0.4 is 15.5 Å². The number of anilines is 3. The Bertz CT molecular complexity index is 606. The number of nitrogens with two attached hydrogens (primary N) is 1. The number of halogens is 2. The Morgan fingerprint density at radius 2 is 1.62 bits per heavy atom. The highest BCUT2D eigenvalue weighted by atomic mass is 79.9. The molecule has 1 aliphatic heterocycles. The number of nitrogens with zero attached hydrogens (tertiary/aromatic N) is 4. The van der Waals surface area contributed by atoms with E-state index in [1.807, 2.05) is 24.3 Å². The Hall–Kier alpha value is -1.53. The van der Waals surface area contributed by atoms with Gasteiger partial charge in [0.05, 0.1) is 0 Å². The lowest BCUT2D eigenvalue weighted by Crippen LogP contribution is -2.47. The second-order valence-corrected chi connectivity index (χ2v) is 6.11. The highest BCUT2D eigenvalue weighted by Gasteiger charge is 2.19. The van der Waals surface area contributed by atoms with Crippen molar-refractivity contribution in [3.05, 3.63) is 40.0 Å². The molecular weight excluding hydrogens is 354 g/mol.